The maximum atomic E-state index is 12.6. The van der Waals surface area contributed by atoms with Crippen molar-refractivity contribution in [1.82, 2.24) is 4.90 Å². The molecule has 2 aromatic carbocycles. The minimum Gasteiger partial charge on any atom is -0.481 e. The molecule has 2 rings (SSSR count). The Kier molecular flexibility index (Phi) is 7.89. The van der Waals surface area contributed by atoms with Gasteiger partial charge in [-0.2, -0.15) is 0 Å². The molecule has 2 aromatic rings. The second-order valence-corrected chi connectivity index (χ2v) is 9.65. The van der Waals surface area contributed by atoms with E-state index >= 15 is 0 Å². The zero-order chi connectivity index (χ0) is 23.1. The molecular weight excluding hydrogens is 414 g/mol. The van der Waals surface area contributed by atoms with E-state index in [9.17, 15) is 18.3 Å². The van der Waals surface area contributed by atoms with Crippen molar-refractivity contribution in [3.8, 4) is 17.6 Å². The van der Waals surface area contributed by atoms with Gasteiger partial charge in [-0.1, -0.05) is 30.2 Å². The fourth-order valence-corrected chi connectivity index (χ4v) is 3.68. The molecule has 0 unspecified atom stereocenters. The standard InChI is InChI=1S/C24H27NO5S/c1-5-6-16-30-21-11-13-22(14-12-21)31(28,29)17-15-19-7-9-20(10-8-19)18-25(23(26)27)24(2,3)4/h7-15,17H,16,18H2,1-4H3,(H,26,27). The first-order valence-electron chi connectivity index (χ1n) is 9.68. The lowest BCUT2D eigenvalue weighted by atomic mass is 10.0. The van der Waals surface area contributed by atoms with Crippen LogP contribution in [-0.4, -0.2) is 36.7 Å². The second-order valence-electron chi connectivity index (χ2n) is 7.82. The number of amides is 1. The molecule has 0 saturated carbocycles. The third kappa shape index (κ3) is 7.19. The maximum Gasteiger partial charge on any atom is 0.408 e. The lowest BCUT2D eigenvalue weighted by Gasteiger charge is -2.33. The number of hydrogen-bond acceptors (Lipinski definition) is 4. The molecule has 1 N–H and O–H groups in total. The highest BCUT2D eigenvalue weighted by molar-refractivity contribution is 7.94. The van der Waals surface area contributed by atoms with Crippen molar-refractivity contribution in [2.75, 3.05) is 6.61 Å². The summed E-state index contributed by atoms with van der Waals surface area (Å²) in [5.41, 5.74) is 0.992. The van der Waals surface area contributed by atoms with E-state index < -0.39 is 21.5 Å². The van der Waals surface area contributed by atoms with Crippen LogP contribution in [0.4, 0.5) is 4.79 Å². The van der Waals surface area contributed by atoms with E-state index in [1.54, 1.807) is 43.3 Å². The van der Waals surface area contributed by atoms with Crippen molar-refractivity contribution in [1.29, 1.82) is 0 Å². The van der Waals surface area contributed by atoms with Gasteiger partial charge < -0.3 is 9.84 Å². The molecule has 0 saturated heterocycles. The number of nitrogens with zero attached hydrogens (tertiary/aromatic N) is 1. The Labute approximate surface area is 184 Å². The number of sulfone groups is 1. The predicted molar refractivity (Wildman–Crippen MR) is 121 cm³/mol. The van der Waals surface area contributed by atoms with Crippen LogP contribution in [0.1, 0.15) is 38.8 Å². The van der Waals surface area contributed by atoms with E-state index in [-0.39, 0.29) is 18.0 Å². The Bertz CT molecular complexity index is 1080. The summed E-state index contributed by atoms with van der Waals surface area (Å²) < 4.78 is 30.5. The molecule has 1 amide bonds. The minimum atomic E-state index is -3.61. The van der Waals surface area contributed by atoms with Gasteiger partial charge in [-0.15, -0.1) is 5.92 Å². The summed E-state index contributed by atoms with van der Waals surface area (Å²) in [4.78, 5) is 13.0. The van der Waals surface area contributed by atoms with Crippen molar-refractivity contribution in [2.45, 2.75) is 44.7 Å². The third-order valence-corrected chi connectivity index (χ3v) is 5.86. The Balaban J connectivity index is 2.08. The van der Waals surface area contributed by atoms with Gasteiger partial charge in [0.1, 0.15) is 12.4 Å². The number of rotatable bonds is 7. The maximum absolute atomic E-state index is 12.6. The summed E-state index contributed by atoms with van der Waals surface area (Å²) in [5, 5.41) is 10.6. The average molecular weight is 442 g/mol. The van der Waals surface area contributed by atoms with Crippen LogP contribution in [0.2, 0.25) is 0 Å². The van der Waals surface area contributed by atoms with Crippen LogP contribution in [0.5, 0.6) is 5.75 Å². The van der Waals surface area contributed by atoms with E-state index in [0.717, 1.165) is 11.0 Å². The normalized spacial score (nSPS) is 11.6. The molecule has 0 bridgehead atoms. The van der Waals surface area contributed by atoms with Crippen LogP contribution in [0, 0.1) is 11.8 Å². The topological polar surface area (TPSA) is 83.9 Å². The molecule has 0 aromatic heterocycles. The highest BCUT2D eigenvalue weighted by Crippen LogP contribution is 2.20. The van der Waals surface area contributed by atoms with Gasteiger partial charge >= 0.3 is 6.09 Å². The zero-order valence-corrected chi connectivity index (χ0v) is 18.9. The quantitative estimate of drug-likeness (QED) is 0.623. The summed E-state index contributed by atoms with van der Waals surface area (Å²) in [5.74, 6) is 6.04. The molecule has 0 spiro atoms. The van der Waals surface area contributed by atoms with E-state index in [1.165, 1.54) is 23.1 Å². The van der Waals surface area contributed by atoms with Crippen molar-refractivity contribution in [2.24, 2.45) is 0 Å². The van der Waals surface area contributed by atoms with Gasteiger partial charge in [-0.25, -0.2) is 13.2 Å². The average Bonchev–Trinajstić information content (AvgIpc) is 2.71. The molecular formula is C24H27NO5S. The lowest BCUT2D eigenvalue weighted by molar-refractivity contribution is 0.0955. The number of ether oxygens (including phenoxy) is 1. The number of hydrogen-bond donors (Lipinski definition) is 1. The summed E-state index contributed by atoms with van der Waals surface area (Å²) in [7, 11) is -3.61. The van der Waals surface area contributed by atoms with Gasteiger partial charge in [0.25, 0.3) is 0 Å². The molecule has 6 nitrogen and oxygen atoms in total. The first kappa shape index (κ1) is 24.0. The van der Waals surface area contributed by atoms with Gasteiger partial charge in [0.05, 0.1) is 4.90 Å². The first-order valence-corrected chi connectivity index (χ1v) is 11.2. The number of carbonyl (C=O) groups is 1. The molecule has 0 atom stereocenters. The molecule has 0 aliphatic carbocycles. The van der Waals surface area contributed by atoms with Gasteiger partial charge in [0.2, 0.25) is 0 Å². The monoisotopic (exact) mass is 441 g/mol. The number of benzene rings is 2. The Morgan fingerprint density at radius 1 is 1.10 bits per heavy atom. The molecule has 164 valence electrons. The van der Waals surface area contributed by atoms with Crippen molar-refractivity contribution < 1.29 is 23.1 Å². The Morgan fingerprint density at radius 2 is 1.71 bits per heavy atom. The molecule has 31 heavy (non-hydrogen) atoms. The van der Waals surface area contributed by atoms with Crippen LogP contribution in [0.15, 0.2) is 58.8 Å². The van der Waals surface area contributed by atoms with Crippen LogP contribution in [0.25, 0.3) is 6.08 Å². The fourth-order valence-electron chi connectivity index (χ4n) is 2.67. The van der Waals surface area contributed by atoms with E-state index in [2.05, 4.69) is 11.8 Å². The van der Waals surface area contributed by atoms with E-state index in [4.69, 9.17) is 4.74 Å². The smallest absolute Gasteiger partial charge is 0.408 e. The molecule has 0 heterocycles. The third-order valence-electron chi connectivity index (χ3n) is 4.44. The van der Waals surface area contributed by atoms with Crippen molar-refractivity contribution >= 4 is 22.0 Å². The predicted octanol–water partition coefficient (Wildman–Crippen LogP) is 4.81. The summed E-state index contributed by atoms with van der Waals surface area (Å²) >= 11 is 0. The highest BCUT2D eigenvalue weighted by Gasteiger charge is 2.25. The first-order chi connectivity index (χ1) is 14.5. The lowest BCUT2D eigenvalue weighted by Crippen LogP contribution is -2.44. The highest BCUT2D eigenvalue weighted by atomic mass is 32.2. The molecule has 7 heteroatoms. The fraction of sp³-hybridized carbons (Fsp3) is 0.292. The van der Waals surface area contributed by atoms with Crippen LogP contribution >= 0.6 is 0 Å². The summed E-state index contributed by atoms with van der Waals surface area (Å²) in [6, 6.07) is 13.3. The van der Waals surface area contributed by atoms with Crippen LogP contribution in [0.3, 0.4) is 0 Å². The zero-order valence-electron chi connectivity index (χ0n) is 18.1. The molecule has 0 aliphatic rings. The molecule has 0 aliphatic heterocycles. The van der Waals surface area contributed by atoms with Crippen LogP contribution < -0.4 is 4.74 Å². The SMILES string of the molecule is CC#CCOc1ccc(S(=O)(=O)C=Cc2ccc(CN(C(=O)O)C(C)(C)C)cc2)cc1. The van der Waals surface area contributed by atoms with Gasteiger partial charge in [-0.3, -0.25) is 4.90 Å². The van der Waals surface area contributed by atoms with Crippen molar-refractivity contribution in [3.63, 3.8) is 0 Å². The van der Waals surface area contributed by atoms with E-state index in [0.29, 0.717) is 11.3 Å². The summed E-state index contributed by atoms with van der Waals surface area (Å²) in [6.45, 7) is 7.72. The van der Waals surface area contributed by atoms with E-state index in [1.807, 2.05) is 20.8 Å². The van der Waals surface area contributed by atoms with Gasteiger partial charge in [0.15, 0.2) is 9.84 Å². The second kappa shape index (κ2) is 10.2. The summed E-state index contributed by atoms with van der Waals surface area (Å²) in [6.07, 6.45) is 0.524. The van der Waals surface area contributed by atoms with Gasteiger partial charge in [-0.05, 0) is 69.2 Å². The van der Waals surface area contributed by atoms with Gasteiger partial charge in [0, 0.05) is 17.5 Å². The Morgan fingerprint density at radius 3 is 2.23 bits per heavy atom. The minimum absolute atomic E-state index is 0.163. The molecule has 0 fully saturated rings. The molecule has 0 radical (unpaired) electrons. The van der Waals surface area contributed by atoms with Crippen LogP contribution in [-0.2, 0) is 16.4 Å². The Hall–Kier alpha value is -3.24. The number of carboxylic acid groups (broad SMARTS) is 1. The largest absolute Gasteiger partial charge is 0.481 e. The van der Waals surface area contributed by atoms with Crippen molar-refractivity contribution in [3.05, 3.63) is 65.1 Å².